The summed E-state index contributed by atoms with van der Waals surface area (Å²) in [5.41, 5.74) is 2.64. The molecule has 3 aromatic carbocycles. The SMILES string of the molecule is O=C(OC1C#CC(O)/C(=C/c2ccccc2)C#CCCC1)c1ccc2c(c1)C(=O)c1ccccc1C2=O. The van der Waals surface area contributed by atoms with Gasteiger partial charge in [-0.1, -0.05) is 78.3 Å². The number of carbonyl (C=O) groups excluding carboxylic acids is 3. The van der Waals surface area contributed by atoms with Gasteiger partial charge in [-0.25, -0.2) is 4.79 Å². The van der Waals surface area contributed by atoms with Crippen molar-refractivity contribution < 1.29 is 24.2 Å². The molecule has 1 N–H and O–H groups in total. The Morgan fingerprint density at radius 3 is 2.30 bits per heavy atom. The third-order valence-corrected chi connectivity index (χ3v) is 6.21. The predicted octanol–water partition coefficient (Wildman–Crippen LogP) is 4.62. The van der Waals surface area contributed by atoms with Crippen LogP contribution in [0.4, 0.5) is 0 Å². The van der Waals surface area contributed by atoms with Gasteiger partial charge in [0.2, 0.25) is 0 Å². The van der Waals surface area contributed by atoms with Crippen LogP contribution < -0.4 is 0 Å². The number of aliphatic hydroxyl groups excluding tert-OH is 1. The minimum Gasteiger partial charge on any atom is -0.446 e. The summed E-state index contributed by atoms with van der Waals surface area (Å²) in [6.07, 6.45) is 1.58. The second-order valence-electron chi connectivity index (χ2n) is 8.75. The number of aliphatic hydroxyl groups is 1. The number of benzene rings is 3. The summed E-state index contributed by atoms with van der Waals surface area (Å²) in [6.45, 7) is 0. The molecule has 2 atom stereocenters. The molecule has 0 spiro atoms. The number of carbonyl (C=O) groups is 3. The van der Waals surface area contributed by atoms with Crippen molar-refractivity contribution in [3.63, 3.8) is 0 Å². The average molecular weight is 487 g/mol. The van der Waals surface area contributed by atoms with E-state index in [-0.39, 0.29) is 28.3 Å². The van der Waals surface area contributed by atoms with Crippen molar-refractivity contribution in [2.75, 3.05) is 0 Å². The number of rotatable bonds is 3. The normalized spacial score (nSPS) is 19.4. The van der Waals surface area contributed by atoms with Crippen LogP contribution in [0.15, 0.2) is 78.4 Å². The molecule has 2 unspecified atom stereocenters. The molecule has 0 bridgehead atoms. The highest BCUT2D eigenvalue weighted by molar-refractivity contribution is 6.28. The first-order valence-corrected chi connectivity index (χ1v) is 12.0. The second-order valence-corrected chi connectivity index (χ2v) is 8.75. The molecule has 2 aliphatic rings. The lowest BCUT2D eigenvalue weighted by molar-refractivity contribution is 0.0393. The molecule has 0 radical (unpaired) electrons. The lowest BCUT2D eigenvalue weighted by Crippen LogP contribution is -2.22. The van der Waals surface area contributed by atoms with Gasteiger partial charge in [-0.15, -0.1) is 0 Å². The van der Waals surface area contributed by atoms with E-state index in [4.69, 9.17) is 4.74 Å². The summed E-state index contributed by atoms with van der Waals surface area (Å²) in [5.74, 6) is 10.5. The van der Waals surface area contributed by atoms with Crippen LogP contribution in [0.2, 0.25) is 0 Å². The smallest absolute Gasteiger partial charge is 0.339 e. The molecule has 0 aromatic heterocycles. The fourth-order valence-electron chi connectivity index (χ4n) is 4.29. The molecule has 0 saturated carbocycles. The lowest BCUT2D eigenvalue weighted by Gasteiger charge is -2.18. The largest absolute Gasteiger partial charge is 0.446 e. The van der Waals surface area contributed by atoms with E-state index < -0.39 is 18.2 Å². The number of fused-ring (bicyclic) bond motifs is 2. The molecule has 5 heteroatoms. The van der Waals surface area contributed by atoms with Gasteiger partial charge >= 0.3 is 5.97 Å². The summed E-state index contributed by atoms with van der Waals surface area (Å²) in [7, 11) is 0. The summed E-state index contributed by atoms with van der Waals surface area (Å²) in [6, 6.07) is 20.5. The number of ketones is 2. The van der Waals surface area contributed by atoms with E-state index in [1.165, 1.54) is 18.2 Å². The Labute approximate surface area is 214 Å². The summed E-state index contributed by atoms with van der Waals surface area (Å²) in [4.78, 5) is 38.8. The van der Waals surface area contributed by atoms with Gasteiger partial charge < -0.3 is 9.84 Å². The monoisotopic (exact) mass is 486 g/mol. The minimum absolute atomic E-state index is 0.156. The highest BCUT2D eigenvalue weighted by Gasteiger charge is 2.30. The van der Waals surface area contributed by atoms with Gasteiger partial charge in [-0.3, -0.25) is 9.59 Å². The van der Waals surface area contributed by atoms with Gasteiger partial charge in [-0.2, -0.15) is 0 Å². The zero-order chi connectivity index (χ0) is 25.8. The van der Waals surface area contributed by atoms with Gasteiger partial charge in [0.1, 0.15) is 6.10 Å². The molecule has 5 rings (SSSR count). The third kappa shape index (κ3) is 5.14. The van der Waals surface area contributed by atoms with Gasteiger partial charge in [0.25, 0.3) is 0 Å². The predicted molar refractivity (Wildman–Crippen MR) is 139 cm³/mol. The van der Waals surface area contributed by atoms with Gasteiger partial charge in [0.15, 0.2) is 17.7 Å². The molecule has 0 aliphatic heterocycles. The summed E-state index contributed by atoms with van der Waals surface area (Å²) < 4.78 is 5.65. The summed E-state index contributed by atoms with van der Waals surface area (Å²) >= 11 is 0. The van der Waals surface area contributed by atoms with E-state index >= 15 is 0 Å². The Morgan fingerprint density at radius 1 is 0.865 bits per heavy atom. The highest BCUT2D eigenvalue weighted by Crippen LogP contribution is 2.28. The van der Waals surface area contributed by atoms with Crippen molar-refractivity contribution in [1.82, 2.24) is 0 Å². The fourth-order valence-corrected chi connectivity index (χ4v) is 4.29. The first kappa shape index (κ1) is 24.0. The van der Waals surface area contributed by atoms with Crippen molar-refractivity contribution >= 4 is 23.6 Å². The average Bonchev–Trinajstić information content (AvgIpc) is 2.93. The van der Waals surface area contributed by atoms with Gasteiger partial charge in [0, 0.05) is 34.2 Å². The van der Waals surface area contributed by atoms with Crippen LogP contribution >= 0.6 is 0 Å². The van der Waals surface area contributed by atoms with E-state index in [0.29, 0.717) is 36.0 Å². The number of ether oxygens (including phenoxy) is 1. The van der Waals surface area contributed by atoms with Crippen molar-refractivity contribution in [3.8, 4) is 23.7 Å². The quantitative estimate of drug-likeness (QED) is 0.338. The Bertz CT molecular complexity index is 1560. The van der Waals surface area contributed by atoms with Crippen LogP contribution in [0, 0.1) is 23.7 Å². The van der Waals surface area contributed by atoms with Crippen molar-refractivity contribution in [2.45, 2.75) is 31.5 Å². The van der Waals surface area contributed by atoms with E-state index in [0.717, 1.165) is 5.56 Å². The molecule has 3 aromatic rings. The third-order valence-electron chi connectivity index (χ3n) is 6.21. The van der Waals surface area contributed by atoms with Crippen LogP contribution in [-0.4, -0.2) is 34.9 Å². The maximum atomic E-state index is 13.0. The Hall–Kier alpha value is -4.71. The minimum atomic E-state index is -1.13. The molecule has 0 amide bonds. The van der Waals surface area contributed by atoms with E-state index in [1.807, 2.05) is 30.3 Å². The molecular weight excluding hydrogens is 464 g/mol. The molecule has 2 aliphatic carbocycles. The Morgan fingerprint density at radius 2 is 1.54 bits per heavy atom. The molecule has 0 saturated heterocycles. The summed E-state index contributed by atoms with van der Waals surface area (Å²) in [5, 5.41) is 10.6. The highest BCUT2D eigenvalue weighted by atomic mass is 16.5. The second kappa shape index (κ2) is 10.5. The van der Waals surface area contributed by atoms with E-state index in [9.17, 15) is 19.5 Å². The maximum Gasteiger partial charge on any atom is 0.339 e. The van der Waals surface area contributed by atoms with Gasteiger partial charge in [-0.05, 0) is 42.7 Å². The topological polar surface area (TPSA) is 80.7 Å². The van der Waals surface area contributed by atoms with E-state index in [1.54, 1.807) is 30.3 Å². The first-order valence-electron chi connectivity index (χ1n) is 12.0. The van der Waals surface area contributed by atoms with Crippen LogP contribution in [0.3, 0.4) is 0 Å². The van der Waals surface area contributed by atoms with Crippen molar-refractivity contribution in [3.05, 3.63) is 112 Å². The number of hydrogen-bond donors (Lipinski definition) is 1. The van der Waals surface area contributed by atoms with Crippen molar-refractivity contribution in [1.29, 1.82) is 0 Å². The number of hydrogen-bond acceptors (Lipinski definition) is 5. The lowest BCUT2D eigenvalue weighted by atomic mass is 9.83. The molecule has 180 valence electrons. The molecule has 0 fully saturated rings. The zero-order valence-corrected chi connectivity index (χ0v) is 19.9. The van der Waals surface area contributed by atoms with Gasteiger partial charge in [0.05, 0.1) is 5.56 Å². The molecule has 5 nitrogen and oxygen atoms in total. The van der Waals surface area contributed by atoms with Crippen LogP contribution in [0.5, 0.6) is 0 Å². The van der Waals surface area contributed by atoms with Crippen molar-refractivity contribution in [2.24, 2.45) is 0 Å². The molecular formula is C32H22O5. The van der Waals surface area contributed by atoms with Crippen LogP contribution in [0.25, 0.3) is 6.08 Å². The maximum absolute atomic E-state index is 13.0. The fraction of sp³-hybridized carbons (Fsp3) is 0.156. The first-order chi connectivity index (χ1) is 18.0. The number of esters is 1. The van der Waals surface area contributed by atoms with Crippen LogP contribution in [0.1, 0.15) is 67.0 Å². The Kier molecular flexibility index (Phi) is 6.81. The Balaban J connectivity index is 1.36. The molecule has 0 heterocycles. The molecule has 37 heavy (non-hydrogen) atoms. The van der Waals surface area contributed by atoms with E-state index in [2.05, 4.69) is 23.7 Å². The van der Waals surface area contributed by atoms with Crippen LogP contribution in [-0.2, 0) is 4.74 Å². The standard InChI is InChI=1S/C32H22O5/c33-29-18-16-24(12-6-2-5-11-22(29)19-21-9-3-1-4-10-21)37-32(36)23-15-17-27-28(20-23)31(35)26-14-8-7-13-25(26)30(27)34/h1,3-4,7-10,13-15,17,19-20,24,29,33H,2,6,12H2/b22-19+. The zero-order valence-electron chi connectivity index (χ0n) is 19.9.